The van der Waals surface area contributed by atoms with Gasteiger partial charge in [-0.3, -0.25) is 4.79 Å². The van der Waals surface area contributed by atoms with Crippen LogP contribution in [0.3, 0.4) is 0 Å². The van der Waals surface area contributed by atoms with E-state index in [1.807, 2.05) is 0 Å². The van der Waals surface area contributed by atoms with Gasteiger partial charge in [0.25, 0.3) is 0 Å². The molecule has 4 N–H and O–H groups in total. The Labute approximate surface area is 140 Å². The van der Waals surface area contributed by atoms with Crippen LogP contribution in [0.15, 0.2) is 24.3 Å². The first-order chi connectivity index (χ1) is 10.7. The van der Waals surface area contributed by atoms with Gasteiger partial charge in [0.1, 0.15) is 6.04 Å². The molecule has 0 aromatic heterocycles. The maximum absolute atomic E-state index is 12.0. The zero-order valence-electron chi connectivity index (χ0n) is 12.6. The van der Waals surface area contributed by atoms with Crippen LogP contribution in [0.4, 0.5) is 16.2 Å². The summed E-state index contributed by atoms with van der Waals surface area (Å²) in [7, 11) is 0. The first-order valence-electron chi connectivity index (χ1n) is 7.50. The summed E-state index contributed by atoms with van der Waals surface area (Å²) in [5.41, 5.74) is 1.38. The number of carbonyl (C=O) groups is 2. The summed E-state index contributed by atoms with van der Waals surface area (Å²) in [5.74, 6) is -0.119. The van der Waals surface area contributed by atoms with Crippen LogP contribution in [0.25, 0.3) is 0 Å². The highest BCUT2D eigenvalue weighted by atomic mass is 35.5. The van der Waals surface area contributed by atoms with E-state index in [1.165, 1.54) is 0 Å². The second-order valence-electron chi connectivity index (χ2n) is 5.52. The van der Waals surface area contributed by atoms with E-state index in [4.69, 9.17) is 4.74 Å². The van der Waals surface area contributed by atoms with Gasteiger partial charge in [0, 0.05) is 24.0 Å². The minimum absolute atomic E-state index is 0. The van der Waals surface area contributed by atoms with Crippen LogP contribution in [0.1, 0.15) is 12.8 Å². The lowest BCUT2D eigenvalue weighted by atomic mass is 10.2. The summed E-state index contributed by atoms with van der Waals surface area (Å²) in [4.78, 5) is 23.6. The van der Waals surface area contributed by atoms with Crippen molar-refractivity contribution in [2.75, 3.05) is 30.4 Å². The third-order valence-electron chi connectivity index (χ3n) is 3.56. The van der Waals surface area contributed by atoms with Gasteiger partial charge in [-0.1, -0.05) is 0 Å². The molecule has 1 aliphatic carbocycles. The summed E-state index contributed by atoms with van der Waals surface area (Å²) in [5, 5.41) is 11.5. The molecule has 8 heteroatoms. The second-order valence-corrected chi connectivity index (χ2v) is 5.52. The Hall–Kier alpha value is -1.83. The van der Waals surface area contributed by atoms with Gasteiger partial charge in [0.05, 0.1) is 13.2 Å². The Morgan fingerprint density at radius 1 is 1.09 bits per heavy atom. The van der Waals surface area contributed by atoms with Crippen LogP contribution in [0, 0.1) is 0 Å². The zero-order chi connectivity index (χ0) is 15.4. The van der Waals surface area contributed by atoms with E-state index in [2.05, 4.69) is 21.3 Å². The molecule has 1 heterocycles. The van der Waals surface area contributed by atoms with Crippen LogP contribution in [0.2, 0.25) is 0 Å². The number of rotatable bonds is 4. The molecule has 1 atom stereocenters. The minimum atomic E-state index is -0.323. The largest absolute Gasteiger partial charge is 0.378 e. The Bertz CT molecular complexity index is 542. The van der Waals surface area contributed by atoms with Gasteiger partial charge >= 0.3 is 6.03 Å². The molecule has 1 aliphatic heterocycles. The molecule has 0 radical (unpaired) electrons. The van der Waals surface area contributed by atoms with E-state index in [-0.39, 0.29) is 30.4 Å². The summed E-state index contributed by atoms with van der Waals surface area (Å²) >= 11 is 0. The quantitative estimate of drug-likeness (QED) is 0.665. The summed E-state index contributed by atoms with van der Waals surface area (Å²) in [6, 6.07) is 6.84. The molecule has 3 rings (SSSR count). The fourth-order valence-corrected chi connectivity index (χ4v) is 2.18. The Morgan fingerprint density at radius 3 is 2.30 bits per heavy atom. The Balaban J connectivity index is 0.00000192. The van der Waals surface area contributed by atoms with E-state index in [0.717, 1.165) is 12.8 Å². The molecule has 2 aliphatic rings. The average molecular weight is 341 g/mol. The van der Waals surface area contributed by atoms with Crippen molar-refractivity contribution < 1.29 is 14.3 Å². The standard InChI is InChI=1S/C15H20N4O3.ClH/c20-14(13-9-22-8-7-16-13)17-10-1-3-11(4-2-10)18-15(21)19-12-5-6-12;/h1-4,12-13,16H,5-9H2,(H,17,20)(H2,18,19,21);1H. The Morgan fingerprint density at radius 2 is 1.74 bits per heavy atom. The molecule has 126 valence electrons. The van der Waals surface area contributed by atoms with Crippen LogP contribution >= 0.6 is 12.4 Å². The molecule has 1 saturated heterocycles. The number of hydrogen-bond donors (Lipinski definition) is 4. The Kier molecular flexibility index (Phi) is 6.20. The molecule has 23 heavy (non-hydrogen) atoms. The highest BCUT2D eigenvalue weighted by Crippen LogP contribution is 2.19. The molecule has 3 amide bonds. The van der Waals surface area contributed by atoms with Gasteiger partial charge in [-0.15, -0.1) is 12.4 Å². The first kappa shape index (κ1) is 17.5. The van der Waals surface area contributed by atoms with Crippen molar-refractivity contribution in [1.82, 2.24) is 10.6 Å². The number of nitrogens with one attached hydrogen (secondary N) is 4. The van der Waals surface area contributed by atoms with E-state index in [1.54, 1.807) is 24.3 Å². The third kappa shape index (κ3) is 5.38. The van der Waals surface area contributed by atoms with Gasteiger partial charge in [0.15, 0.2) is 0 Å². The molecule has 1 unspecified atom stereocenters. The van der Waals surface area contributed by atoms with Gasteiger partial charge < -0.3 is 26.0 Å². The minimum Gasteiger partial charge on any atom is -0.378 e. The molecule has 7 nitrogen and oxygen atoms in total. The van der Waals surface area contributed by atoms with Crippen LogP contribution in [-0.4, -0.2) is 43.8 Å². The maximum atomic E-state index is 12.0. The number of halogens is 1. The molecule has 0 bridgehead atoms. The molecule has 2 fully saturated rings. The second kappa shape index (κ2) is 8.14. The first-order valence-corrected chi connectivity index (χ1v) is 7.50. The van der Waals surface area contributed by atoms with Crippen molar-refractivity contribution in [2.24, 2.45) is 0 Å². The maximum Gasteiger partial charge on any atom is 0.319 e. The number of amides is 3. The van der Waals surface area contributed by atoms with Crippen LogP contribution < -0.4 is 21.3 Å². The average Bonchev–Trinajstić information content (AvgIpc) is 3.34. The smallest absolute Gasteiger partial charge is 0.319 e. The van der Waals surface area contributed by atoms with Crippen molar-refractivity contribution in [2.45, 2.75) is 24.9 Å². The lowest BCUT2D eigenvalue weighted by Gasteiger charge is -2.22. The number of hydrogen-bond acceptors (Lipinski definition) is 4. The van der Waals surface area contributed by atoms with E-state index < -0.39 is 0 Å². The van der Waals surface area contributed by atoms with Gasteiger partial charge in [-0.25, -0.2) is 4.79 Å². The van der Waals surface area contributed by atoms with E-state index in [9.17, 15) is 9.59 Å². The fraction of sp³-hybridized carbons (Fsp3) is 0.467. The van der Waals surface area contributed by atoms with E-state index in [0.29, 0.717) is 37.2 Å². The van der Waals surface area contributed by atoms with Gasteiger partial charge in [0.2, 0.25) is 5.91 Å². The molecule has 1 saturated carbocycles. The number of urea groups is 1. The monoisotopic (exact) mass is 340 g/mol. The zero-order valence-corrected chi connectivity index (χ0v) is 13.4. The van der Waals surface area contributed by atoms with Crippen molar-refractivity contribution in [3.8, 4) is 0 Å². The molecular formula is C15H21ClN4O3. The van der Waals surface area contributed by atoms with Gasteiger partial charge in [-0.2, -0.15) is 0 Å². The number of ether oxygens (including phenoxy) is 1. The summed E-state index contributed by atoms with van der Waals surface area (Å²) < 4.78 is 5.26. The van der Waals surface area contributed by atoms with E-state index >= 15 is 0 Å². The molecule has 1 aromatic rings. The SMILES string of the molecule is Cl.O=C(Nc1ccc(NC(=O)C2COCCN2)cc1)NC1CC1. The fourth-order valence-electron chi connectivity index (χ4n) is 2.18. The summed E-state index contributed by atoms with van der Waals surface area (Å²) in [6.45, 7) is 1.69. The molecule has 1 aromatic carbocycles. The van der Waals surface area contributed by atoms with Crippen LogP contribution in [0.5, 0.6) is 0 Å². The highest BCUT2D eigenvalue weighted by Gasteiger charge is 2.23. The van der Waals surface area contributed by atoms with Crippen LogP contribution in [-0.2, 0) is 9.53 Å². The number of carbonyl (C=O) groups excluding carboxylic acids is 2. The third-order valence-corrected chi connectivity index (χ3v) is 3.56. The molecular weight excluding hydrogens is 320 g/mol. The predicted octanol–water partition coefficient (Wildman–Crippen LogP) is 1.32. The molecule has 0 spiro atoms. The van der Waals surface area contributed by atoms with Gasteiger partial charge in [-0.05, 0) is 37.1 Å². The van der Waals surface area contributed by atoms with Crippen molar-refractivity contribution in [3.05, 3.63) is 24.3 Å². The van der Waals surface area contributed by atoms with Crippen molar-refractivity contribution in [3.63, 3.8) is 0 Å². The topological polar surface area (TPSA) is 91.5 Å². The number of anilines is 2. The highest BCUT2D eigenvalue weighted by molar-refractivity contribution is 5.95. The lowest BCUT2D eigenvalue weighted by molar-refractivity contribution is -0.120. The normalized spacial score (nSPS) is 20.1. The number of benzene rings is 1. The predicted molar refractivity (Wildman–Crippen MR) is 90.1 cm³/mol. The number of morpholine rings is 1. The summed E-state index contributed by atoms with van der Waals surface area (Å²) in [6.07, 6.45) is 2.11. The lowest BCUT2D eigenvalue weighted by Crippen LogP contribution is -2.48. The van der Waals surface area contributed by atoms with Crippen molar-refractivity contribution in [1.29, 1.82) is 0 Å². The van der Waals surface area contributed by atoms with Crippen molar-refractivity contribution >= 4 is 35.7 Å².